The fraction of sp³-hybridized carbons (Fsp3) is 0.667. The minimum atomic E-state index is 0.325. The summed E-state index contributed by atoms with van der Waals surface area (Å²) < 4.78 is 5.56. The van der Waals surface area contributed by atoms with Crippen LogP contribution in [0.5, 0.6) is 0 Å². The highest BCUT2D eigenvalue weighted by molar-refractivity contribution is 5.30. The predicted octanol–water partition coefficient (Wildman–Crippen LogP) is 3.47. The molecule has 0 N–H and O–H groups in total. The maximum Gasteiger partial charge on any atom is 0.0795 e. The molecule has 0 aliphatic heterocycles. The lowest BCUT2D eigenvalue weighted by molar-refractivity contribution is 0.0954. The van der Waals surface area contributed by atoms with E-state index in [2.05, 4.69) is 32.9 Å². The summed E-state index contributed by atoms with van der Waals surface area (Å²) in [4.78, 5) is 0. The summed E-state index contributed by atoms with van der Waals surface area (Å²) in [7, 11) is 0. The molecule has 74 valence electrons. The molecule has 0 radical (unpaired) electrons. The standard InChI is InChI=1S/C12H20O/c1-4-6-11-7-8-12(13-5-2)9-10(11)3/h7-8,12H,4-6,9H2,1-3H3. The third-order valence-electron chi connectivity index (χ3n) is 2.47. The van der Waals surface area contributed by atoms with E-state index in [-0.39, 0.29) is 0 Å². The van der Waals surface area contributed by atoms with Crippen molar-refractivity contribution in [3.63, 3.8) is 0 Å². The topological polar surface area (TPSA) is 9.23 Å². The van der Waals surface area contributed by atoms with Gasteiger partial charge in [-0.2, -0.15) is 0 Å². The van der Waals surface area contributed by atoms with E-state index in [0.29, 0.717) is 6.10 Å². The first-order valence-corrected chi connectivity index (χ1v) is 5.26. The molecule has 1 nitrogen and oxygen atoms in total. The molecule has 1 heteroatoms. The minimum Gasteiger partial charge on any atom is -0.374 e. The Labute approximate surface area is 81.5 Å². The minimum absolute atomic E-state index is 0.325. The van der Waals surface area contributed by atoms with E-state index in [9.17, 15) is 0 Å². The Morgan fingerprint density at radius 2 is 2.23 bits per heavy atom. The van der Waals surface area contributed by atoms with Crippen molar-refractivity contribution in [2.24, 2.45) is 0 Å². The fourth-order valence-electron chi connectivity index (χ4n) is 1.76. The summed E-state index contributed by atoms with van der Waals surface area (Å²) in [6, 6.07) is 0. The Bertz CT molecular complexity index is 213. The van der Waals surface area contributed by atoms with Crippen molar-refractivity contribution >= 4 is 0 Å². The number of hydrogen-bond donors (Lipinski definition) is 0. The van der Waals surface area contributed by atoms with Crippen LogP contribution >= 0.6 is 0 Å². The van der Waals surface area contributed by atoms with Crippen LogP contribution in [-0.4, -0.2) is 12.7 Å². The van der Waals surface area contributed by atoms with Gasteiger partial charge in [0.15, 0.2) is 0 Å². The molecule has 0 aromatic rings. The van der Waals surface area contributed by atoms with Crippen LogP contribution in [-0.2, 0) is 4.74 Å². The van der Waals surface area contributed by atoms with Crippen LogP contribution in [0.4, 0.5) is 0 Å². The van der Waals surface area contributed by atoms with Gasteiger partial charge in [-0.05, 0) is 32.3 Å². The molecule has 1 unspecified atom stereocenters. The second-order valence-corrected chi connectivity index (χ2v) is 3.61. The van der Waals surface area contributed by atoms with Crippen molar-refractivity contribution in [2.45, 2.75) is 46.1 Å². The molecule has 1 atom stereocenters. The fourth-order valence-corrected chi connectivity index (χ4v) is 1.76. The van der Waals surface area contributed by atoms with Crippen molar-refractivity contribution in [3.05, 3.63) is 23.3 Å². The number of allylic oxidation sites excluding steroid dienone is 2. The summed E-state index contributed by atoms with van der Waals surface area (Å²) >= 11 is 0. The summed E-state index contributed by atoms with van der Waals surface area (Å²) in [5, 5.41) is 0. The molecule has 0 aromatic heterocycles. The predicted molar refractivity (Wildman–Crippen MR) is 56.8 cm³/mol. The average Bonchev–Trinajstić information content (AvgIpc) is 2.10. The Morgan fingerprint density at radius 3 is 2.77 bits per heavy atom. The molecule has 0 aromatic carbocycles. The number of ether oxygens (including phenoxy) is 1. The molecular formula is C12H20O. The first-order chi connectivity index (χ1) is 6.27. The lowest BCUT2D eigenvalue weighted by atomic mass is 9.94. The zero-order valence-electron chi connectivity index (χ0n) is 8.97. The van der Waals surface area contributed by atoms with Gasteiger partial charge in [0.2, 0.25) is 0 Å². The van der Waals surface area contributed by atoms with Crippen molar-refractivity contribution in [3.8, 4) is 0 Å². The highest BCUT2D eigenvalue weighted by Crippen LogP contribution is 2.23. The van der Waals surface area contributed by atoms with Crippen LogP contribution in [0, 0.1) is 0 Å². The van der Waals surface area contributed by atoms with E-state index in [1.807, 2.05) is 0 Å². The van der Waals surface area contributed by atoms with Gasteiger partial charge in [-0.1, -0.05) is 31.1 Å². The highest BCUT2D eigenvalue weighted by Gasteiger charge is 2.12. The van der Waals surface area contributed by atoms with Crippen LogP contribution in [0.25, 0.3) is 0 Å². The molecule has 0 spiro atoms. The first kappa shape index (κ1) is 10.5. The van der Waals surface area contributed by atoms with Gasteiger partial charge in [0.25, 0.3) is 0 Å². The highest BCUT2D eigenvalue weighted by atomic mass is 16.5. The van der Waals surface area contributed by atoms with E-state index in [1.54, 1.807) is 0 Å². The van der Waals surface area contributed by atoms with E-state index < -0.39 is 0 Å². The van der Waals surface area contributed by atoms with E-state index >= 15 is 0 Å². The second-order valence-electron chi connectivity index (χ2n) is 3.61. The Balaban J connectivity index is 2.52. The molecule has 0 saturated heterocycles. The molecule has 0 bridgehead atoms. The van der Waals surface area contributed by atoms with E-state index in [0.717, 1.165) is 13.0 Å². The Hall–Kier alpha value is -0.560. The van der Waals surface area contributed by atoms with Crippen LogP contribution in [0.1, 0.15) is 40.0 Å². The van der Waals surface area contributed by atoms with Crippen molar-refractivity contribution in [2.75, 3.05) is 6.61 Å². The van der Waals surface area contributed by atoms with Gasteiger partial charge in [-0.15, -0.1) is 0 Å². The molecule has 1 aliphatic rings. The summed E-state index contributed by atoms with van der Waals surface area (Å²) in [6.45, 7) is 7.31. The molecule has 0 fully saturated rings. The van der Waals surface area contributed by atoms with E-state index in [1.165, 1.54) is 24.0 Å². The molecule has 1 aliphatic carbocycles. The molecule has 1 rings (SSSR count). The maximum absolute atomic E-state index is 5.56. The number of rotatable bonds is 4. The summed E-state index contributed by atoms with van der Waals surface area (Å²) in [6.07, 6.45) is 8.28. The Kier molecular flexibility index (Phi) is 4.23. The van der Waals surface area contributed by atoms with Crippen LogP contribution in [0.3, 0.4) is 0 Å². The maximum atomic E-state index is 5.56. The smallest absolute Gasteiger partial charge is 0.0795 e. The van der Waals surface area contributed by atoms with Gasteiger partial charge in [0, 0.05) is 6.61 Å². The molecule has 0 amide bonds. The van der Waals surface area contributed by atoms with Gasteiger partial charge < -0.3 is 4.74 Å². The van der Waals surface area contributed by atoms with E-state index in [4.69, 9.17) is 4.74 Å². The second kappa shape index (κ2) is 5.23. The van der Waals surface area contributed by atoms with Crippen molar-refractivity contribution < 1.29 is 4.74 Å². The molecule has 0 heterocycles. The average molecular weight is 180 g/mol. The van der Waals surface area contributed by atoms with Crippen molar-refractivity contribution in [1.29, 1.82) is 0 Å². The zero-order valence-corrected chi connectivity index (χ0v) is 8.97. The molecule has 13 heavy (non-hydrogen) atoms. The lowest BCUT2D eigenvalue weighted by Crippen LogP contribution is -2.13. The first-order valence-electron chi connectivity index (χ1n) is 5.26. The van der Waals surface area contributed by atoms with Gasteiger partial charge in [0.1, 0.15) is 0 Å². The lowest BCUT2D eigenvalue weighted by Gasteiger charge is -2.20. The molecular weight excluding hydrogens is 160 g/mol. The normalized spacial score (nSPS) is 22.5. The third-order valence-corrected chi connectivity index (χ3v) is 2.47. The van der Waals surface area contributed by atoms with Crippen molar-refractivity contribution in [1.82, 2.24) is 0 Å². The third kappa shape index (κ3) is 3.00. The van der Waals surface area contributed by atoms with Crippen LogP contribution < -0.4 is 0 Å². The Morgan fingerprint density at radius 1 is 1.46 bits per heavy atom. The summed E-state index contributed by atoms with van der Waals surface area (Å²) in [5.74, 6) is 0. The van der Waals surface area contributed by atoms with Gasteiger partial charge in [-0.25, -0.2) is 0 Å². The summed E-state index contributed by atoms with van der Waals surface area (Å²) in [5.41, 5.74) is 3.02. The van der Waals surface area contributed by atoms with Crippen LogP contribution in [0.15, 0.2) is 23.3 Å². The number of hydrogen-bond acceptors (Lipinski definition) is 1. The van der Waals surface area contributed by atoms with Gasteiger partial charge >= 0.3 is 0 Å². The molecule has 0 saturated carbocycles. The zero-order chi connectivity index (χ0) is 9.68. The largest absolute Gasteiger partial charge is 0.374 e. The monoisotopic (exact) mass is 180 g/mol. The van der Waals surface area contributed by atoms with Crippen LogP contribution in [0.2, 0.25) is 0 Å². The SMILES string of the molecule is CCCC1=C(C)CC(OCC)C=C1. The van der Waals surface area contributed by atoms with Gasteiger partial charge in [0.05, 0.1) is 6.10 Å². The van der Waals surface area contributed by atoms with Gasteiger partial charge in [-0.3, -0.25) is 0 Å². The quantitative estimate of drug-likeness (QED) is 0.643.